The molecule has 0 aliphatic rings. The Morgan fingerprint density at radius 2 is 1.68 bits per heavy atom. The van der Waals surface area contributed by atoms with E-state index in [1.165, 1.54) is 0 Å². The van der Waals surface area contributed by atoms with Crippen molar-refractivity contribution >= 4 is 22.6 Å². The maximum absolute atomic E-state index is 12.2. The van der Waals surface area contributed by atoms with Crippen LogP contribution in [0, 0.1) is 0 Å². The summed E-state index contributed by atoms with van der Waals surface area (Å²) in [5.41, 5.74) is 1.39. The van der Waals surface area contributed by atoms with Crippen LogP contribution in [0.25, 0.3) is 10.8 Å². The van der Waals surface area contributed by atoms with Crippen LogP contribution in [0.3, 0.4) is 0 Å². The molecule has 28 heavy (non-hydrogen) atoms. The topological polar surface area (TPSA) is 64.6 Å². The quantitative estimate of drug-likeness (QED) is 0.625. The predicted octanol–water partition coefficient (Wildman–Crippen LogP) is 4.27. The van der Waals surface area contributed by atoms with Gasteiger partial charge in [-0.3, -0.25) is 4.79 Å². The number of fused-ring (bicyclic) bond motifs is 1. The van der Waals surface area contributed by atoms with Gasteiger partial charge >= 0.3 is 5.97 Å². The normalized spacial score (nSPS) is 11.6. The molecule has 0 unspecified atom stereocenters. The molecule has 0 fully saturated rings. The Hall–Kier alpha value is -3.34. The molecule has 3 aromatic rings. The summed E-state index contributed by atoms with van der Waals surface area (Å²) in [6.45, 7) is 4.02. The molecule has 3 aromatic carbocycles. The molecule has 1 N–H and O–H groups in total. The van der Waals surface area contributed by atoms with Crippen molar-refractivity contribution in [1.29, 1.82) is 0 Å². The lowest BCUT2D eigenvalue weighted by molar-refractivity contribution is -0.124. The number of rotatable bonds is 7. The summed E-state index contributed by atoms with van der Waals surface area (Å²) in [6.07, 6.45) is 0. The highest BCUT2D eigenvalue weighted by Crippen LogP contribution is 2.24. The molecule has 0 saturated carbocycles. The Balaban J connectivity index is 1.57. The van der Waals surface area contributed by atoms with E-state index in [-0.39, 0.29) is 18.6 Å². The molecule has 1 atom stereocenters. The van der Waals surface area contributed by atoms with E-state index in [1.807, 2.05) is 56.3 Å². The van der Waals surface area contributed by atoms with Gasteiger partial charge in [0, 0.05) is 0 Å². The lowest BCUT2D eigenvalue weighted by Gasteiger charge is -2.16. The van der Waals surface area contributed by atoms with Crippen molar-refractivity contribution in [3.63, 3.8) is 0 Å². The number of benzene rings is 3. The Bertz CT molecular complexity index is 961. The molecule has 0 saturated heterocycles. The fraction of sp³-hybridized carbons (Fsp3) is 0.217. The Morgan fingerprint density at radius 3 is 2.43 bits per heavy atom. The molecule has 1 amide bonds. The maximum atomic E-state index is 12.2. The molecular weight excluding hydrogens is 354 g/mol. The molecule has 0 aromatic heterocycles. The molecule has 0 aliphatic heterocycles. The molecule has 5 heteroatoms. The summed E-state index contributed by atoms with van der Waals surface area (Å²) >= 11 is 0. The lowest BCUT2D eigenvalue weighted by atomic mass is 10.00. The number of nitrogens with one attached hydrogen (secondary N) is 1. The van der Waals surface area contributed by atoms with E-state index in [2.05, 4.69) is 5.32 Å². The van der Waals surface area contributed by atoms with Crippen LogP contribution in [0.5, 0.6) is 5.75 Å². The zero-order valence-corrected chi connectivity index (χ0v) is 16.0. The zero-order chi connectivity index (χ0) is 19.9. The van der Waals surface area contributed by atoms with Crippen LogP contribution < -0.4 is 10.1 Å². The summed E-state index contributed by atoms with van der Waals surface area (Å²) in [7, 11) is 0. The molecule has 0 bridgehead atoms. The van der Waals surface area contributed by atoms with E-state index < -0.39 is 5.97 Å². The van der Waals surface area contributed by atoms with E-state index in [0.29, 0.717) is 17.9 Å². The number of hydrogen-bond acceptors (Lipinski definition) is 4. The third-order valence-electron chi connectivity index (χ3n) is 4.40. The highest BCUT2D eigenvalue weighted by Gasteiger charge is 2.14. The molecule has 0 aliphatic carbocycles. The standard InChI is InChI=1S/C23H23NO4/c1-3-27-19-13-11-18(12-14-19)23(26)28-15-22(25)24-16(2)20-10-6-8-17-7-4-5-9-21(17)20/h4-14,16H,3,15H2,1-2H3,(H,24,25)/t16-/m0/s1. The minimum Gasteiger partial charge on any atom is -0.494 e. The molecule has 3 rings (SSSR count). The second-order valence-corrected chi connectivity index (χ2v) is 6.39. The largest absolute Gasteiger partial charge is 0.494 e. The third-order valence-corrected chi connectivity index (χ3v) is 4.40. The first-order chi connectivity index (χ1) is 13.6. The van der Waals surface area contributed by atoms with Gasteiger partial charge in [0.15, 0.2) is 6.61 Å². The summed E-state index contributed by atoms with van der Waals surface area (Å²) in [5.74, 6) is -0.212. The van der Waals surface area contributed by atoms with Gasteiger partial charge in [-0.15, -0.1) is 0 Å². The van der Waals surface area contributed by atoms with Crippen molar-refractivity contribution in [2.45, 2.75) is 19.9 Å². The second-order valence-electron chi connectivity index (χ2n) is 6.39. The Morgan fingerprint density at radius 1 is 0.964 bits per heavy atom. The van der Waals surface area contributed by atoms with Crippen LogP contribution in [-0.2, 0) is 9.53 Å². The number of esters is 1. The van der Waals surface area contributed by atoms with Crippen LogP contribution in [0.2, 0.25) is 0 Å². The Kier molecular flexibility index (Phi) is 6.27. The number of carbonyl (C=O) groups is 2. The maximum Gasteiger partial charge on any atom is 0.338 e. The van der Waals surface area contributed by atoms with Crippen molar-refractivity contribution in [3.05, 3.63) is 77.9 Å². The van der Waals surface area contributed by atoms with E-state index in [9.17, 15) is 9.59 Å². The van der Waals surface area contributed by atoms with Crippen LogP contribution in [0.1, 0.15) is 35.8 Å². The van der Waals surface area contributed by atoms with E-state index >= 15 is 0 Å². The number of hydrogen-bond donors (Lipinski definition) is 1. The van der Waals surface area contributed by atoms with Crippen LogP contribution in [0.4, 0.5) is 0 Å². The second kappa shape index (κ2) is 9.04. The molecule has 5 nitrogen and oxygen atoms in total. The number of amides is 1. The number of carbonyl (C=O) groups excluding carboxylic acids is 2. The summed E-state index contributed by atoms with van der Waals surface area (Å²) in [6, 6.07) is 20.4. The van der Waals surface area contributed by atoms with Gasteiger partial charge in [-0.05, 0) is 54.4 Å². The highest BCUT2D eigenvalue weighted by molar-refractivity contribution is 5.91. The van der Waals surface area contributed by atoms with E-state index in [4.69, 9.17) is 9.47 Å². The van der Waals surface area contributed by atoms with Crippen molar-refractivity contribution < 1.29 is 19.1 Å². The van der Waals surface area contributed by atoms with Gasteiger partial charge in [-0.1, -0.05) is 42.5 Å². The smallest absolute Gasteiger partial charge is 0.338 e. The van der Waals surface area contributed by atoms with Gasteiger partial charge in [0.2, 0.25) is 0 Å². The molecular formula is C23H23NO4. The SMILES string of the molecule is CCOc1ccc(C(=O)OCC(=O)N[C@@H](C)c2cccc3ccccc23)cc1. The zero-order valence-electron chi connectivity index (χ0n) is 16.0. The lowest BCUT2D eigenvalue weighted by Crippen LogP contribution is -2.31. The third kappa shape index (κ3) is 4.68. The van der Waals surface area contributed by atoms with Crippen molar-refractivity contribution in [1.82, 2.24) is 5.32 Å². The fourth-order valence-corrected chi connectivity index (χ4v) is 3.06. The Labute approximate surface area is 164 Å². The first kappa shape index (κ1) is 19.4. The average Bonchev–Trinajstić information content (AvgIpc) is 2.72. The molecule has 0 spiro atoms. The summed E-state index contributed by atoms with van der Waals surface area (Å²) in [4.78, 5) is 24.3. The molecule has 144 valence electrons. The summed E-state index contributed by atoms with van der Waals surface area (Å²) < 4.78 is 10.5. The van der Waals surface area contributed by atoms with E-state index in [1.54, 1.807) is 24.3 Å². The first-order valence-corrected chi connectivity index (χ1v) is 9.25. The van der Waals surface area contributed by atoms with Crippen molar-refractivity contribution in [2.24, 2.45) is 0 Å². The van der Waals surface area contributed by atoms with Crippen molar-refractivity contribution in [3.8, 4) is 5.75 Å². The van der Waals surface area contributed by atoms with Gasteiger partial charge in [0.1, 0.15) is 5.75 Å². The van der Waals surface area contributed by atoms with Crippen LogP contribution in [0.15, 0.2) is 66.7 Å². The minimum atomic E-state index is -0.545. The van der Waals surface area contributed by atoms with Crippen LogP contribution in [-0.4, -0.2) is 25.1 Å². The number of ether oxygens (including phenoxy) is 2. The van der Waals surface area contributed by atoms with Gasteiger partial charge < -0.3 is 14.8 Å². The van der Waals surface area contributed by atoms with Gasteiger partial charge in [-0.2, -0.15) is 0 Å². The summed E-state index contributed by atoms with van der Waals surface area (Å²) in [5, 5.41) is 5.09. The molecule has 0 heterocycles. The van der Waals surface area contributed by atoms with Gasteiger partial charge in [-0.25, -0.2) is 4.79 Å². The van der Waals surface area contributed by atoms with Crippen molar-refractivity contribution in [2.75, 3.05) is 13.2 Å². The van der Waals surface area contributed by atoms with Crippen LogP contribution >= 0.6 is 0 Å². The highest BCUT2D eigenvalue weighted by atomic mass is 16.5. The minimum absolute atomic E-state index is 0.206. The monoisotopic (exact) mass is 377 g/mol. The first-order valence-electron chi connectivity index (χ1n) is 9.25. The van der Waals surface area contributed by atoms with Gasteiger partial charge in [0.25, 0.3) is 5.91 Å². The van der Waals surface area contributed by atoms with Gasteiger partial charge in [0.05, 0.1) is 18.2 Å². The average molecular weight is 377 g/mol. The molecule has 0 radical (unpaired) electrons. The van der Waals surface area contributed by atoms with E-state index in [0.717, 1.165) is 16.3 Å². The predicted molar refractivity (Wildman–Crippen MR) is 108 cm³/mol. The fourth-order valence-electron chi connectivity index (χ4n) is 3.06.